The Morgan fingerprint density at radius 3 is 2.56 bits per heavy atom. The van der Waals surface area contributed by atoms with Crippen molar-refractivity contribution in [3.05, 3.63) is 29.8 Å². The van der Waals surface area contributed by atoms with Gasteiger partial charge < -0.3 is 15.8 Å². The topological polar surface area (TPSA) is 98.5 Å². The molecule has 0 radical (unpaired) electrons. The number of hydrogen-bond donors (Lipinski definition) is 2. The maximum atomic E-state index is 12.5. The number of sulfone groups is 1. The number of hydrogen-bond acceptors (Lipinski definition) is 5. The summed E-state index contributed by atoms with van der Waals surface area (Å²) in [5.74, 6) is -0.728. The van der Waals surface area contributed by atoms with Gasteiger partial charge in [-0.3, -0.25) is 4.79 Å². The van der Waals surface area contributed by atoms with Gasteiger partial charge in [0, 0.05) is 6.26 Å². The van der Waals surface area contributed by atoms with Gasteiger partial charge >= 0.3 is 6.18 Å². The minimum Gasteiger partial charge on any atom is -0.492 e. The van der Waals surface area contributed by atoms with Gasteiger partial charge in [-0.25, -0.2) is 8.42 Å². The molecule has 1 unspecified atom stereocenters. The maximum Gasteiger partial charge on any atom is 0.416 e. The van der Waals surface area contributed by atoms with Crippen molar-refractivity contribution < 1.29 is 31.1 Å². The summed E-state index contributed by atoms with van der Waals surface area (Å²) in [6.07, 6.45) is -3.43. The van der Waals surface area contributed by atoms with Crippen LogP contribution in [0.15, 0.2) is 24.3 Å². The molecule has 1 aromatic rings. The Kier molecular flexibility index (Phi) is 9.23. The molecule has 0 aliphatic rings. The normalized spacial score (nSPS) is 12.8. The van der Waals surface area contributed by atoms with Crippen LogP contribution in [0.4, 0.5) is 13.2 Å². The molecule has 0 saturated carbocycles. The quantitative estimate of drug-likeness (QED) is 0.638. The molecule has 1 amide bonds. The van der Waals surface area contributed by atoms with Gasteiger partial charge in [0.15, 0.2) is 0 Å². The second-order valence-corrected chi connectivity index (χ2v) is 7.45. The van der Waals surface area contributed by atoms with Crippen molar-refractivity contribution in [3.63, 3.8) is 0 Å². The highest BCUT2D eigenvalue weighted by molar-refractivity contribution is 7.90. The summed E-state index contributed by atoms with van der Waals surface area (Å²) in [7, 11) is -3.21. The van der Waals surface area contributed by atoms with E-state index in [1.54, 1.807) is 0 Å². The molecule has 144 valence electrons. The average molecular weight is 405 g/mol. The molecule has 6 nitrogen and oxygen atoms in total. The molecule has 0 fully saturated rings. The van der Waals surface area contributed by atoms with E-state index >= 15 is 0 Å². The van der Waals surface area contributed by atoms with Gasteiger partial charge in [0.2, 0.25) is 5.91 Å². The fourth-order valence-corrected chi connectivity index (χ4v) is 2.39. The van der Waals surface area contributed by atoms with Crippen molar-refractivity contribution in [2.75, 3.05) is 25.2 Å². The van der Waals surface area contributed by atoms with Gasteiger partial charge in [-0.15, -0.1) is 12.4 Å². The van der Waals surface area contributed by atoms with Crippen LogP contribution >= 0.6 is 12.4 Å². The van der Waals surface area contributed by atoms with E-state index < -0.39 is 33.5 Å². The zero-order chi connectivity index (χ0) is 18.4. The third kappa shape index (κ3) is 9.51. The van der Waals surface area contributed by atoms with E-state index in [0.29, 0.717) is 0 Å². The summed E-state index contributed by atoms with van der Waals surface area (Å²) in [4.78, 5) is 11.6. The lowest BCUT2D eigenvalue weighted by Crippen LogP contribution is -2.42. The van der Waals surface area contributed by atoms with Crippen molar-refractivity contribution >= 4 is 28.2 Å². The summed E-state index contributed by atoms with van der Waals surface area (Å²) in [5, 5.41) is 2.43. The lowest BCUT2D eigenvalue weighted by Gasteiger charge is -2.13. The van der Waals surface area contributed by atoms with E-state index in [9.17, 15) is 26.4 Å². The van der Waals surface area contributed by atoms with E-state index in [-0.39, 0.29) is 43.5 Å². The van der Waals surface area contributed by atoms with Crippen LogP contribution in [0, 0.1) is 0 Å². The number of carbonyl (C=O) groups is 1. The zero-order valence-electron chi connectivity index (χ0n) is 13.4. The summed E-state index contributed by atoms with van der Waals surface area (Å²) >= 11 is 0. The van der Waals surface area contributed by atoms with Crippen LogP contribution in [-0.4, -0.2) is 45.5 Å². The fourth-order valence-electron chi connectivity index (χ4n) is 1.71. The van der Waals surface area contributed by atoms with Crippen LogP contribution < -0.4 is 15.8 Å². The minimum atomic E-state index is -4.46. The lowest BCUT2D eigenvalue weighted by molar-refractivity contribution is -0.137. The number of benzene rings is 1. The number of nitrogens with one attached hydrogen (secondary N) is 1. The van der Waals surface area contributed by atoms with E-state index in [1.807, 2.05) is 0 Å². The molecule has 1 aromatic carbocycles. The Labute approximate surface area is 150 Å². The molecule has 0 aliphatic carbocycles. The molecule has 0 aliphatic heterocycles. The summed E-state index contributed by atoms with van der Waals surface area (Å²) < 4.78 is 64.7. The zero-order valence-corrected chi connectivity index (χ0v) is 15.0. The highest BCUT2D eigenvalue weighted by Gasteiger charge is 2.30. The standard InChI is InChI=1S/C14H19F3N2O4S.ClH/c1-24(21,22)8-5-12(18)13(20)19-6-7-23-11-4-2-3-10(9-11)14(15,16)17;/h2-4,9,12H,5-8,18H2,1H3,(H,19,20);1H. The predicted octanol–water partition coefficient (Wildman–Crippen LogP) is 1.38. The molecule has 3 N–H and O–H groups in total. The number of nitrogens with two attached hydrogens (primary N) is 1. The lowest BCUT2D eigenvalue weighted by atomic mass is 10.2. The second kappa shape index (κ2) is 9.83. The Balaban J connectivity index is 0.00000576. The molecular formula is C14H20ClF3N2O4S. The summed E-state index contributed by atoms with van der Waals surface area (Å²) in [6, 6.07) is 3.40. The Bertz CT molecular complexity index is 668. The van der Waals surface area contributed by atoms with Crippen molar-refractivity contribution in [2.24, 2.45) is 5.73 Å². The van der Waals surface area contributed by atoms with Gasteiger partial charge in [0.1, 0.15) is 22.2 Å². The first-order valence-electron chi connectivity index (χ1n) is 7.00. The van der Waals surface area contributed by atoms with Crippen molar-refractivity contribution in [1.82, 2.24) is 5.32 Å². The van der Waals surface area contributed by atoms with Crippen LogP contribution in [0.5, 0.6) is 5.75 Å². The third-order valence-corrected chi connectivity index (χ3v) is 3.95. The molecule has 1 atom stereocenters. The summed E-state index contributed by atoms with van der Waals surface area (Å²) in [5.41, 5.74) is 4.72. The van der Waals surface area contributed by atoms with E-state index in [2.05, 4.69) is 5.32 Å². The molecule has 11 heteroatoms. The molecule has 0 saturated heterocycles. The van der Waals surface area contributed by atoms with Gasteiger partial charge in [-0.05, 0) is 24.6 Å². The smallest absolute Gasteiger partial charge is 0.416 e. The molecule has 0 aromatic heterocycles. The Morgan fingerprint density at radius 1 is 1.36 bits per heavy atom. The minimum absolute atomic E-state index is 0. The molecule has 0 heterocycles. The monoisotopic (exact) mass is 404 g/mol. The first-order chi connectivity index (χ1) is 11.0. The van der Waals surface area contributed by atoms with Gasteiger partial charge in [0.25, 0.3) is 0 Å². The van der Waals surface area contributed by atoms with Crippen molar-refractivity contribution in [1.29, 1.82) is 0 Å². The Morgan fingerprint density at radius 2 is 2.00 bits per heavy atom. The molecule has 0 spiro atoms. The Hall–Kier alpha value is -1.52. The third-order valence-electron chi connectivity index (χ3n) is 2.97. The van der Waals surface area contributed by atoms with Gasteiger partial charge in [0.05, 0.1) is 23.9 Å². The number of amides is 1. The first-order valence-corrected chi connectivity index (χ1v) is 9.06. The number of carbonyl (C=O) groups excluding carboxylic acids is 1. The average Bonchev–Trinajstić information content (AvgIpc) is 2.47. The number of rotatable bonds is 8. The first kappa shape index (κ1) is 23.5. The number of ether oxygens (including phenoxy) is 1. The number of halogens is 4. The molecule has 25 heavy (non-hydrogen) atoms. The van der Waals surface area contributed by atoms with E-state index in [1.165, 1.54) is 12.1 Å². The largest absolute Gasteiger partial charge is 0.492 e. The van der Waals surface area contributed by atoms with Gasteiger partial charge in [-0.1, -0.05) is 6.07 Å². The summed E-state index contributed by atoms with van der Waals surface area (Å²) in [6.45, 7) is -0.0203. The van der Waals surface area contributed by atoms with E-state index in [4.69, 9.17) is 10.5 Å². The van der Waals surface area contributed by atoms with Crippen molar-refractivity contribution in [2.45, 2.75) is 18.6 Å². The highest BCUT2D eigenvalue weighted by Crippen LogP contribution is 2.31. The van der Waals surface area contributed by atoms with Crippen LogP contribution in [0.1, 0.15) is 12.0 Å². The molecular weight excluding hydrogens is 385 g/mol. The van der Waals surface area contributed by atoms with Crippen LogP contribution in [0.2, 0.25) is 0 Å². The van der Waals surface area contributed by atoms with Gasteiger partial charge in [-0.2, -0.15) is 13.2 Å². The SMILES string of the molecule is CS(=O)(=O)CCC(N)C(=O)NCCOc1cccc(C(F)(F)F)c1.Cl. The maximum absolute atomic E-state index is 12.5. The van der Waals surface area contributed by atoms with Crippen LogP contribution in [-0.2, 0) is 20.8 Å². The predicted molar refractivity (Wildman–Crippen MR) is 89.5 cm³/mol. The number of alkyl halides is 3. The van der Waals surface area contributed by atoms with Crippen LogP contribution in [0.3, 0.4) is 0 Å². The highest BCUT2D eigenvalue weighted by atomic mass is 35.5. The van der Waals surface area contributed by atoms with E-state index in [0.717, 1.165) is 18.4 Å². The van der Waals surface area contributed by atoms with Crippen LogP contribution in [0.25, 0.3) is 0 Å². The van der Waals surface area contributed by atoms with Crippen molar-refractivity contribution in [3.8, 4) is 5.75 Å². The second-order valence-electron chi connectivity index (χ2n) is 5.19. The molecule has 0 bridgehead atoms. The fraction of sp³-hybridized carbons (Fsp3) is 0.500. The molecule has 1 rings (SSSR count).